The number of carbonyl (C=O) groups excluding carboxylic acids is 2. The van der Waals surface area contributed by atoms with Gasteiger partial charge in [0.1, 0.15) is 5.82 Å². The van der Waals surface area contributed by atoms with Crippen LogP contribution in [-0.2, 0) is 11.3 Å². The van der Waals surface area contributed by atoms with Crippen LogP contribution in [0, 0.1) is 11.7 Å². The van der Waals surface area contributed by atoms with Gasteiger partial charge in [-0.05, 0) is 55.2 Å². The fourth-order valence-corrected chi connectivity index (χ4v) is 3.18. The molecule has 2 aromatic carbocycles. The van der Waals surface area contributed by atoms with Crippen molar-refractivity contribution in [3.63, 3.8) is 0 Å². The summed E-state index contributed by atoms with van der Waals surface area (Å²) in [5, 5.41) is 5.66. The minimum atomic E-state index is -0.458. The van der Waals surface area contributed by atoms with Crippen molar-refractivity contribution in [2.75, 3.05) is 5.32 Å². The highest BCUT2D eigenvalue weighted by atomic mass is 35.5. The maximum Gasteiger partial charge on any atom is 0.255 e. The zero-order chi connectivity index (χ0) is 18.5. The number of benzene rings is 2. The van der Waals surface area contributed by atoms with Crippen LogP contribution >= 0.6 is 12.4 Å². The van der Waals surface area contributed by atoms with Crippen molar-refractivity contribution >= 4 is 29.9 Å². The van der Waals surface area contributed by atoms with Gasteiger partial charge in [0.25, 0.3) is 5.91 Å². The third-order valence-electron chi connectivity index (χ3n) is 4.58. The van der Waals surface area contributed by atoms with Gasteiger partial charge in [0, 0.05) is 29.8 Å². The van der Waals surface area contributed by atoms with E-state index < -0.39 is 5.82 Å². The zero-order valence-corrected chi connectivity index (χ0v) is 15.6. The van der Waals surface area contributed by atoms with Crippen molar-refractivity contribution in [2.45, 2.75) is 31.8 Å². The Morgan fingerprint density at radius 1 is 1.11 bits per heavy atom. The van der Waals surface area contributed by atoms with E-state index in [0.29, 0.717) is 12.2 Å². The first-order chi connectivity index (χ1) is 12.5. The van der Waals surface area contributed by atoms with E-state index in [-0.39, 0.29) is 41.7 Å². The summed E-state index contributed by atoms with van der Waals surface area (Å²) in [6, 6.07) is 12.8. The van der Waals surface area contributed by atoms with Gasteiger partial charge >= 0.3 is 0 Å². The summed E-state index contributed by atoms with van der Waals surface area (Å²) < 4.78 is 13.2. The van der Waals surface area contributed by atoms with Crippen LogP contribution in [0.25, 0.3) is 0 Å². The summed E-state index contributed by atoms with van der Waals surface area (Å²) in [5.74, 6) is -0.834. The molecule has 2 unspecified atom stereocenters. The Kier molecular flexibility index (Phi) is 7.33. The van der Waals surface area contributed by atoms with Gasteiger partial charge in [0.05, 0.1) is 0 Å². The minimum absolute atomic E-state index is 0. The van der Waals surface area contributed by atoms with E-state index in [4.69, 9.17) is 5.73 Å². The molecule has 27 heavy (non-hydrogen) atoms. The minimum Gasteiger partial charge on any atom is -0.352 e. The van der Waals surface area contributed by atoms with Crippen molar-refractivity contribution in [2.24, 2.45) is 11.7 Å². The van der Waals surface area contributed by atoms with Gasteiger partial charge in [-0.1, -0.05) is 18.2 Å². The lowest BCUT2D eigenvalue weighted by Crippen LogP contribution is -2.30. The molecule has 1 fully saturated rings. The molecule has 0 heterocycles. The molecule has 0 aromatic heterocycles. The maximum atomic E-state index is 13.2. The molecule has 0 radical (unpaired) electrons. The molecule has 5 nitrogen and oxygen atoms in total. The van der Waals surface area contributed by atoms with Crippen LogP contribution in [0.2, 0.25) is 0 Å². The van der Waals surface area contributed by atoms with Crippen LogP contribution in [0.15, 0.2) is 48.5 Å². The van der Waals surface area contributed by atoms with E-state index in [9.17, 15) is 14.0 Å². The number of nitrogens with one attached hydrogen (secondary N) is 2. The molecule has 2 aromatic rings. The van der Waals surface area contributed by atoms with Crippen molar-refractivity contribution in [1.29, 1.82) is 0 Å². The number of hydrogen-bond acceptors (Lipinski definition) is 3. The Bertz CT molecular complexity index is 815. The maximum absolute atomic E-state index is 13.2. The smallest absolute Gasteiger partial charge is 0.255 e. The van der Waals surface area contributed by atoms with Crippen LogP contribution in [-0.4, -0.2) is 17.9 Å². The van der Waals surface area contributed by atoms with Gasteiger partial charge in [-0.2, -0.15) is 0 Å². The molecule has 4 N–H and O–H groups in total. The standard InChI is InChI=1S/C20H22FN3O2.ClH/c21-16-5-2-4-14(10-16)20(26)24-18-6-1-3-13(9-18)12-23-19(25)15-7-8-17(22)11-15;/h1-6,9-10,15,17H,7-8,11-12,22H2,(H,23,25)(H,24,26);1H. The second-order valence-corrected chi connectivity index (χ2v) is 6.65. The van der Waals surface area contributed by atoms with E-state index in [2.05, 4.69) is 10.6 Å². The molecular weight excluding hydrogens is 369 g/mol. The lowest BCUT2D eigenvalue weighted by atomic mass is 10.1. The Hall–Kier alpha value is -2.44. The van der Waals surface area contributed by atoms with Crippen LogP contribution in [0.4, 0.5) is 10.1 Å². The largest absolute Gasteiger partial charge is 0.352 e. The predicted molar refractivity (Wildman–Crippen MR) is 105 cm³/mol. The van der Waals surface area contributed by atoms with Crippen molar-refractivity contribution in [3.8, 4) is 0 Å². The highest BCUT2D eigenvalue weighted by Crippen LogP contribution is 2.24. The molecule has 1 aliphatic rings. The van der Waals surface area contributed by atoms with Crippen LogP contribution in [0.3, 0.4) is 0 Å². The summed E-state index contributed by atoms with van der Waals surface area (Å²) in [4.78, 5) is 24.4. The van der Waals surface area contributed by atoms with E-state index in [1.54, 1.807) is 24.3 Å². The van der Waals surface area contributed by atoms with Gasteiger partial charge in [-0.25, -0.2) is 4.39 Å². The number of nitrogens with two attached hydrogens (primary N) is 1. The molecule has 0 bridgehead atoms. The Labute approximate surface area is 163 Å². The summed E-state index contributed by atoms with van der Waals surface area (Å²) in [7, 11) is 0. The number of rotatable bonds is 5. The second kappa shape index (κ2) is 9.48. The molecule has 2 atom stereocenters. The van der Waals surface area contributed by atoms with Crippen molar-refractivity contribution in [3.05, 3.63) is 65.5 Å². The Balaban J connectivity index is 0.00000261. The average molecular weight is 392 g/mol. The van der Waals surface area contributed by atoms with Gasteiger partial charge in [0.15, 0.2) is 0 Å². The number of amides is 2. The number of anilines is 1. The quantitative estimate of drug-likeness (QED) is 0.731. The van der Waals surface area contributed by atoms with Gasteiger partial charge < -0.3 is 16.4 Å². The van der Waals surface area contributed by atoms with Gasteiger partial charge in [-0.3, -0.25) is 9.59 Å². The molecule has 2 amide bonds. The predicted octanol–water partition coefficient (Wildman–Crippen LogP) is 3.24. The van der Waals surface area contributed by atoms with E-state index >= 15 is 0 Å². The lowest BCUT2D eigenvalue weighted by Gasteiger charge is -2.12. The lowest BCUT2D eigenvalue weighted by molar-refractivity contribution is -0.125. The second-order valence-electron chi connectivity index (χ2n) is 6.65. The van der Waals surface area contributed by atoms with E-state index in [0.717, 1.165) is 24.8 Å². The average Bonchev–Trinajstić information content (AvgIpc) is 3.06. The van der Waals surface area contributed by atoms with Crippen LogP contribution in [0.5, 0.6) is 0 Å². The van der Waals surface area contributed by atoms with Gasteiger partial charge in [-0.15, -0.1) is 12.4 Å². The Morgan fingerprint density at radius 3 is 2.59 bits per heavy atom. The molecule has 1 aliphatic carbocycles. The molecule has 3 rings (SSSR count). The van der Waals surface area contributed by atoms with E-state index in [1.807, 2.05) is 6.07 Å². The summed E-state index contributed by atoms with van der Waals surface area (Å²) in [5.41, 5.74) is 7.57. The fourth-order valence-electron chi connectivity index (χ4n) is 3.18. The molecular formula is C20H23ClFN3O2. The summed E-state index contributed by atoms with van der Waals surface area (Å²) in [6.45, 7) is 0.383. The highest BCUT2D eigenvalue weighted by molar-refractivity contribution is 6.04. The monoisotopic (exact) mass is 391 g/mol. The Morgan fingerprint density at radius 2 is 1.89 bits per heavy atom. The van der Waals surface area contributed by atoms with Crippen molar-refractivity contribution < 1.29 is 14.0 Å². The van der Waals surface area contributed by atoms with Crippen LogP contribution in [0.1, 0.15) is 35.2 Å². The fraction of sp³-hybridized carbons (Fsp3) is 0.300. The SMILES string of the molecule is Cl.NC1CCC(C(=O)NCc2cccc(NC(=O)c3cccc(F)c3)c2)C1. The van der Waals surface area contributed by atoms with E-state index in [1.165, 1.54) is 18.2 Å². The van der Waals surface area contributed by atoms with Crippen LogP contribution < -0.4 is 16.4 Å². The number of carbonyl (C=O) groups is 2. The summed E-state index contributed by atoms with van der Waals surface area (Å²) >= 11 is 0. The first-order valence-corrected chi connectivity index (χ1v) is 8.70. The molecule has 0 aliphatic heterocycles. The summed E-state index contributed by atoms with van der Waals surface area (Å²) in [6.07, 6.45) is 2.45. The first-order valence-electron chi connectivity index (χ1n) is 8.70. The molecule has 0 spiro atoms. The van der Waals surface area contributed by atoms with Crippen molar-refractivity contribution in [1.82, 2.24) is 5.32 Å². The molecule has 7 heteroatoms. The normalized spacial score (nSPS) is 18.4. The molecule has 0 saturated heterocycles. The third-order valence-corrected chi connectivity index (χ3v) is 4.58. The number of hydrogen-bond donors (Lipinski definition) is 3. The third kappa shape index (κ3) is 5.77. The number of halogens is 2. The van der Waals surface area contributed by atoms with Gasteiger partial charge in [0.2, 0.25) is 5.91 Å². The highest BCUT2D eigenvalue weighted by Gasteiger charge is 2.27. The topological polar surface area (TPSA) is 84.2 Å². The first kappa shape index (κ1) is 20.9. The molecule has 1 saturated carbocycles. The zero-order valence-electron chi connectivity index (χ0n) is 14.8. The molecule has 144 valence electrons.